The summed E-state index contributed by atoms with van der Waals surface area (Å²) in [5, 5.41) is 0. The number of hydrogen-bond acceptors (Lipinski definition) is 3. The summed E-state index contributed by atoms with van der Waals surface area (Å²) in [4.78, 5) is 8.66. The smallest absolute Gasteiger partial charge is 0.241 e. The van der Waals surface area contributed by atoms with Crippen molar-refractivity contribution in [2.75, 3.05) is 13.2 Å². The molecule has 8 heavy (non-hydrogen) atoms. The minimum absolute atomic E-state index is 0.275. The fourth-order valence-corrected chi connectivity index (χ4v) is 0.983. The Morgan fingerprint density at radius 3 is 2.50 bits per heavy atom. The lowest BCUT2D eigenvalue weighted by molar-refractivity contribution is 0.330. The van der Waals surface area contributed by atoms with Gasteiger partial charge in [-0.3, -0.25) is 0 Å². The van der Waals surface area contributed by atoms with E-state index in [4.69, 9.17) is 10.6 Å². The Kier molecular flexibility index (Phi) is 4.24. The van der Waals surface area contributed by atoms with Gasteiger partial charge < -0.3 is 15.2 Å². The molecule has 0 spiro atoms. The first-order chi connectivity index (χ1) is 3.56. The van der Waals surface area contributed by atoms with Crippen molar-refractivity contribution in [1.29, 1.82) is 0 Å². The largest absolute Gasteiger partial charge is 0.338 e. The zero-order valence-corrected chi connectivity index (χ0v) is 6.76. The summed E-state index contributed by atoms with van der Waals surface area (Å²) in [7, 11) is 0. The highest BCUT2D eigenvalue weighted by Gasteiger charge is 2.02. The van der Waals surface area contributed by atoms with Gasteiger partial charge in [-0.2, -0.15) is 0 Å². The maximum atomic E-state index is 8.66. The van der Waals surface area contributed by atoms with Gasteiger partial charge >= 0.3 is 0 Å². The lowest BCUT2D eigenvalue weighted by atomic mass is 10.8. The predicted octanol–water partition coefficient (Wildman–Crippen LogP) is 0.108. The minimum atomic E-state index is -2.73. The normalized spacial score (nSPS) is 17.9. The fourth-order valence-electron chi connectivity index (χ4n) is 0.172. The van der Waals surface area contributed by atoms with Gasteiger partial charge in [0, 0.05) is 6.54 Å². The molecule has 0 aliphatic carbocycles. The van der Waals surface area contributed by atoms with E-state index >= 15 is 0 Å². The van der Waals surface area contributed by atoms with Gasteiger partial charge in [0.1, 0.15) is 0 Å². The third-order valence-electron chi connectivity index (χ3n) is 0.377. The van der Waals surface area contributed by atoms with Crippen LogP contribution in [0, 0.1) is 0 Å². The lowest BCUT2D eigenvalue weighted by Gasteiger charge is -2.05. The first kappa shape index (κ1) is 8.88. The van der Waals surface area contributed by atoms with Crippen molar-refractivity contribution < 1.29 is 9.42 Å². The molecule has 0 bridgehead atoms. The molecule has 0 aliphatic heterocycles. The van der Waals surface area contributed by atoms with E-state index in [1.807, 2.05) is 0 Å². The molecule has 1 atom stereocenters. The fraction of sp³-hybridized carbons (Fsp3) is 1.00. The molecule has 50 valence electrons. The maximum Gasteiger partial charge on any atom is 0.241 e. The Hall–Kier alpha value is 0.880. The van der Waals surface area contributed by atoms with Crippen molar-refractivity contribution in [1.82, 2.24) is 0 Å². The van der Waals surface area contributed by atoms with E-state index in [1.54, 1.807) is 0 Å². The van der Waals surface area contributed by atoms with Crippen molar-refractivity contribution in [3.8, 4) is 0 Å². The van der Waals surface area contributed by atoms with E-state index in [-0.39, 0.29) is 6.61 Å². The third-order valence-corrected chi connectivity index (χ3v) is 1.56. The highest BCUT2D eigenvalue weighted by molar-refractivity contribution is 8.59. The summed E-state index contributed by atoms with van der Waals surface area (Å²) in [5.74, 6) is 0. The zero-order chi connectivity index (χ0) is 6.62. The average Bonchev–Trinajstić information content (AvgIpc) is 1.59. The Balaban J connectivity index is 3.26. The summed E-state index contributed by atoms with van der Waals surface area (Å²) < 4.78 is 4.60. The molecule has 0 saturated heterocycles. The van der Waals surface area contributed by atoms with Gasteiger partial charge in [-0.05, 0) is 11.8 Å². The summed E-state index contributed by atoms with van der Waals surface area (Å²) in [6.07, 6.45) is 0. The van der Waals surface area contributed by atoms with E-state index in [9.17, 15) is 0 Å². The van der Waals surface area contributed by atoms with Gasteiger partial charge in [-0.25, -0.2) is 0 Å². The van der Waals surface area contributed by atoms with Crippen LogP contribution in [-0.4, -0.2) is 18.0 Å². The first-order valence-corrected chi connectivity index (χ1v) is 5.79. The minimum Gasteiger partial charge on any atom is -0.338 e. The van der Waals surface area contributed by atoms with Gasteiger partial charge in [0.15, 0.2) is 0 Å². The number of nitrogens with two attached hydrogens (primary N) is 1. The van der Waals surface area contributed by atoms with E-state index in [1.165, 1.54) is 0 Å². The van der Waals surface area contributed by atoms with Gasteiger partial charge in [0.25, 0.3) is 0 Å². The van der Waals surface area contributed by atoms with Crippen molar-refractivity contribution >= 4 is 29.7 Å². The summed E-state index contributed by atoms with van der Waals surface area (Å²) in [5.41, 5.74) is 2.30. The van der Waals surface area contributed by atoms with E-state index in [0.29, 0.717) is 6.54 Å². The molecule has 0 amide bonds. The van der Waals surface area contributed by atoms with Crippen LogP contribution in [0.15, 0.2) is 0 Å². The van der Waals surface area contributed by atoms with Crippen LogP contribution in [0.5, 0.6) is 0 Å². The van der Waals surface area contributed by atoms with Crippen LogP contribution in [0.3, 0.4) is 0 Å². The molecule has 0 radical (unpaired) electrons. The predicted molar refractivity (Wildman–Crippen MR) is 40.5 cm³/mol. The second-order valence-electron chi connectivity index (χ2n) is 1.11. The quantitative estimate of drug-likeness (QED) is 0.419. The lowest BCUT2D eigenvalue weighted by Crippen LogP contribution is -2.05. The second kappa shape index (κ2) is 3.82. The number of rotatable bonds is 3. The van der Waals surface area contributed by atoms with Crippen LogP contribution >= 0.6 is 17.9 Å². The van der Waals surface area contributed by atoms with Gasteiger partial charge in [-0.15, -0.1) is 0 Å². The third kappa shape index (κ3) is 6.88. The zero-order valence-electron chi connectivity index (χ0n) is 4.15. The molecule has 0 rings (SSSR count). The number of hydrogen-bond donors (Lipinski definition) is 3. The summed E-state index contributed by atoms with van der Waals surface area (Å²) in [6, 6.07) is 0. The van der Waals surface area contributed by atoms with Gasteiger partial charge in [0.2, 0.25) is 5.69 Å². The van der Waals surface area contributed by atoms with Crippen molar-refractivity contribution in [3.05, 3.63) is 0 Å². The van der Waals surface area contributed by atoms with Gasteiger partial charge in [-0.1, -0.05) is 12.2 Å². The molecule has 6 heteroatoms. The molecular weight excluding hydrogens is 165 g/mol. The molecule has 0 heterocycles. The van der Waals surface area contributed by atoms with Crippen LogP contribution < -0.4 is 5.73 Å². The standard InChI is InChI=1S/C2H8NO2PS2/c3-1-2-5-6(4,7)8/h1-3H2,(H2,4,7,8). The number of thiol groups is 1. The molecule has 0 aromatic rings. The second-order valence-corrected chi connectivity index (χ2v) is 6.28. The Bertz CT molecular complexity index is 102. The molecule has 3 N–H and O–H groups in total. The molecule has 0 aromatic carbocycles. The molecular formula is C2H8NO2PS2. The van der Waals surface area contributed by atoms with Crippen LogP contribution in [0.1, 0.15) is 0 Å². The average molecular weight is 173 g/mol. The highest BCUT2D eigenvalue weighted by Crippen LogP contribution is 2.46. The molecule has 1 unspecified atom stereocenters. The maximum absolute atomic E-state index is 8.66. The van der Waals surface area contributed by atoms with Crippen LogP contribution in [0.2, 0.25) is 0 Å². The molecule has 0 saturated carbocycles. The topological polar surface area (TPSA) is 55.5 Å². The van der Waals surface area contributed by atoms with Crippen molar-refractivity contribution in [2.24, 2.45) is 5.73 Å². The van der Waals surface area contributed by atoms with Crippen LogP contribution in [-0.2, 0) is 16.3 Å². The van der Waals surface area contributed by atoms with Gasteiger partial charge in [0.05, 0.1) is 6.61 Å². The van der Waals surface area contributed by atoms with Crippen LogP contribution in [0.25, 0.3) is 0 Å². The Morgan fingerprint density at radius 2 is 2.38 bits per heavy atom. The van der Waals surface area contributed by atoms with E-state index < -0.39 is 5.69 Å². The molecule has 0 aliphatic rings. The van der Waals surface area contributed by atoms with E-state index in [2.05, 4.69) is 28.6 Å². The SMILES string of the molecule is NCCOP(O)(=S)S. The molecule has 0 fully saturated rings. The summed E-state index contributed by atoms with van der Waals surface area (Å²) in [6.45, 7) is 0.636. The first-order valence-electron chi connectivity index (χ1n) is 1.96. The van der Waals surface area contributed by atoms with Crippen molar-refractivity contribution in [2.45, 2.75) is 0 Å². The Labute approximate surface area is 58.5 Å². The molecule has 3 nitrogen and oxygen atoms in total. The van der Waals surface area contributed by atoms with Crippen LogP contribution in [0.4, 0.5) is 0 Å². The molecule has 0 aromatic heterocycles. The monoisotopic (exact) mass is 173 g/mol. The van der Waals surface area contributed by atoms with E-state index in [0.717, 1.165) is 0 Å². The highest BCUT2D eigenvalue weighted by atomic mass is 32.9. The summed E-state index contributed by atoms with van der Waals surface area (Å²) >= 11 is 8.00. The van der Waals surface area contributed by atoms with Crippen molar-refractivity contribution in [3.63, 3.8) is 0 Å². The Morgan fingerprint density at radius 1 is 1.88 bits per heavy atom.